The van der Waals surface area contributed by atoms with Gasteiger partial charge in [0.05, 0.1) is 10.5 Å². The number of halogens is 1. The number of benzene rings is 1. The topological polar surface area (TPSA) is 41.6 Å². The minimum absolute atomic E-state index is 0.680. The van der Waals surface area contributed by atoms with Crippen LogP contribution in [0.15, 0.2) is 39.7 Å². The van der Waals surface area contributed by atoms with Crippen molar-refractivity contribution in [1.29, 1.82) is 0 Å². The summed E-state index contributed by atoms with van der Waals surface area (Å²) >= 11 is 14.1. The quantitative estimate of drug-likeness (QED) is 0.705. The SMILES string of the molecule is S=c1[nH]nc(Sc2ccc3c(Cl)ccnc3c2)s1. The van der Waals surface area contributed by atoms with Crippen LogP contribution in [-0.4, -0.2) is 15.2 Å². The summed E-state index contributed by atoms with van der Waals surface area (Å²) in [6.07, 6.45) is 1.71. The van der Waals surface area contributed by atoms with Gasteiger partial charge in [-0.25, -0.2) is 0 Å². The van der Waals surface area contributed by atoms with E-state index in [1.165, 1.54) is 11.3 Å². The van der Waals surface area contributed by atoms with Crippen LogP contribution in [0.4, 0.5) is 0 Å². The number of rotatable bonds is 2. The van der Waals surface area contributed by atoms with Crippen LogP contribution in [0.3, 0.4) is 0 Å². The first-order valence-corrected chi connectivity index (χ1v) is 7.42. The Hall–Kier alpha value is -0.950. The van der Waals surface area contributed by atoms with Gasteiger partial charge in [-0.15, -0.1) is 0 Å². The highest BCUT2D eigenvalue weighted by Crippen LogP contribution is 2.32. The number of fused-ring (bicyclic) bond motifs is 1. The summed E-state index contributed by atoms with van der Waals surface area (Å²) in [5.74, 6) is 0. The second-order valence-electron chi connectivity index (χ2n) is 3.45. The number of aromatic nitrogens is 3. The Morgan fingerprint density at radius 2 is 2.22 bits per heavy atom. The summed E-state index contributed by atoms with van der Waals surface area (Å²) in [6, 6.07) is 7.76. The van der Waals surface area contributed by atoms with Crippen molar-refractivity contribution in [1.82, 2.24) is 15.2 Å². The minimum Gasteiger partial charge on any atom is -0.257 e. The molecular weight excluding hydrogens is 306 g/mol. The van der Waals surface area contributed by atoms with E-state index in [1.54, 1.807) is 24.0 Å². The van der Waals surface area contributed by atoms with E-state index in [0.29, 0.717) is 8.98 Å². The van der Waals surface area contributed by atoms with Crippen molar-refractivity contribution in [3.63, 3.8) is 0 Å². The van der Waals surface area contributed by atoms with Crippen molar-refractivity contribution in [2.45, 2.75) is 9.24 Å². The molecular formula is C11H6ClN3S3. The zero-order valence-electron chi connectivity index (χ0n) is 8.88. The Morgan fingerprint density at radius 1 is 1.33 bits per heavy atom. The molecule has 1 N–H and O–H groups in total. The number of pyridine rings is 1. The van der Waals surface area contributed by atoms with E-state index in [1.807, 2.05) is 18.2 Å². The molecule has 0 fully saturated rings. The summed E-state index contributed by atoms with van der Waals surface area (Å²) in [4.78, 5) is 5.37. The zero-order chi connectivity index (χ0) is 12.5. The molecule has 1 aromatic carbocycles. The Kier molecular flexibility index (Phi) is 3.34. The fraction of sp³-hybridized carbons (Fsp3) is 0. The van der Waals surface area contributed by atoms with E-state index >= 15 is 0 Å². The van der Waals surface area contributed by atoms with E-state index in [0.717, 1.165) is 20.1 Å². The first kappa shape index (κ1) is 12.1. The molecule has 0 spiro atoms. The second-order valence-corrected chi connectivity index (χ2v) is 6.85. The third kappa shape index (κ3) is 2.42. The molecule has 3 rings (SSSR count). The Labute approximate surface area is 121 Å². The fourth-order valence-corrected chi connectivity index (χ4v) is 3.82. The summed E-state index contributed by atoms with van der Waals surface area (Å²) in [7, 11) is 0. The lowest BCUT2D eigenvalue weighted by Gasteiger charge is -2.02. The van der Waals surface area contributed by atoms with Gasteiger partial charge < -0.3 is 0 Å². The molecule has 0 unspecified atom stereocenters. The summed E-state index contributed by atoms with van der Waals surface area (Å²) in [5, 5.41) is 8.55. The number of H-pyrrole nitrogens is 1. The number of aromatic amines is 1. The fourth-order valence-electron chi connectivity index (χ4n) is 1.52. The normalized spacial score (nSPS) is 10.9. The van der Waals surface area contributed by atoms with Crippen LogP contribution in [0.25, 0.3) is 10.9 Å². The van der Waals surface area contributed by atoms with Gasteiger partial charge in [0.2, 0.25) is 0 Å². The Bertz CT molecular complexity index is 765. The van der Waals surface area contributed by atoms with Gasteiger partial charge in [0.1, 0.15) is 0 Å². The molecule has 7 heteroatoms. The summed E-state index contributed by atoms with van der Waals surface area (Å²) < 4.78 is 1.57. The number of hydrogen-bond acceptors (Lipinski definition) is 5. The maximum atomic E-state index is 6.10. The third-order valence-electron chi connectivity index (χ3n) is 2.28. The van der Waals surface area contributed by atoms with Gasteiger partial charge in [0, 0.05) is 16.5 Å². The molecule has 90 valence electrons. The molecule has 3 nitrogen and oxygen atoms in total. The third-order valence-corrected chi connectivity index (χ3v) is 4.75. The Balaban J connectivity index is 2.01. The van der Waals surface area contributed by atoms with Gasteiger partial charge in [-0.2, -0.15) is 5.10 Å². The highest BCUT2D eigenvalue weighted by atomic mass is 35.5. The van der Waals surface area contributed by atoms with Gasteiger partial charge in [0.15, 0.2) is 8.29 Å². The maximum absolute atomic E-state index is 6.10. The van der Waals surface area contributed by atoms with Crippen molar-refractivity contribution < 1.29 is 0 Å². The van der Waals surface area contributed by atoms with E-state index in [-0.39, 0.29) is 0 Å². The van der Waals surface area contributed by atoms with E-state index in [2.05, 4.69) is 15.2 Å². The van der Waals surface area contributed by atoms with Crippen LogP contribution in [0.2, 0.25) is 5.02 Å². The van der Waals surface area contributed by atoms with Crippen molar-refractivity contribution in [3.05, 3.63) is 39.4 Å². The van der Waals surface area contributed by atoms with Crippen LogP contribution in [0.1, 0.15) is 0 Å². The standard InChI is InChI=1S/C11H6ClN3S3/c12-8-3-4-13-9-5-6(1-2-7(8)9)17-11-15-14-10(16)18-11/h1-5H,(H,14,16). The summed E-state index contributed by atoms with van der Waals surface area (Å²) in [6.45, 7) is 0. The lowest BCUT2D eigenvalue weighted by molar-refractivity contribution is 1.00. The van der Waals surface area contributed by atoms with Crippen molar-refractivity contribution in [2.75, 3.05) is 0 Å². The van der Waals surface area contributed by atoms with Crippen LogP contribution in [0, 0.1) is 3.95 Å². The zero-order valence-corrected chi connectivity index (χ0v) is 12.1. The van der Waals surface area contributed by atoms with Gasteiger partial charge in [-0.3, -0.25) is 10.1 Å². The first-order valence-electron chi connectivity index (χ1n) is 5.00. The van der Waals surface area contributed by atoms with Crippen LogP contribution in [-0.2, 0) is 0 Å². The molecule has 18 heavy (non-hydrogen) atoms. The van der Waals surface area contributed by atoms with Gasteiger partial charge in [0.25, 0.3) is 0 Å². The van der Waals surface area contributed by atoms with Crippen molar-refractivity contribution in [2.24, 2.45) is 0 Å². The van der Waals surface area contributed by atoms with E-state index < -0.39 is 0 Å². The van der Waals surface area contributed by atoms with Crippen LogP contribution in [0.5, 0.6) is 0 Å². The molecule has 0 aliphatic rings. The van der Waals surface area contributed by atoms with Crippen LogP contribution >= 0.6 is 46.9 Å². The average Bonchev–Trinajstić information content (AvgIpc) is 2.75. The molecule has 0 aliphatic carbocycles. The van der Waals surface area contributed by atoms with Crippen molar-refractivity contribution >= 4 is 57.8 Å². The largest absolute Gasteiger partial charge is 0.257 e. The molecule has 0 bridgehead atoms. The molecule has 0 saturated carbocycles. The van der Waals surface area contributed by atoms with E-state index in [9.17, 15) is 0 Å². The van der Waals surface area contributed by atoms with Crippen molar-refractivity contribution in [3.8, 4) is 0 Å². The number of hydrogen-bond donors (Lipinski definition) is 1. The van der Waals surface area contributed by atoms with Gasteiger partial charge >= 0.3 is 0 Å². The predicted molar refractivity (Wildman–Crippen MR) is 78.2 cm³/mol. The molecule has 0 atom stereocenters. The lowest BCUT2D eigenvalue weighted by Crippen LogP contribution is -1.80. The second kappa shape index (κ2) is 4.97. The monoisotopic (exact) mass is 311 g/mol. The molecule has 2 aromatic heterocycles. The minimum atomic E-state index is 0.680. The van der Waals surface area contributed by atoms with Gasteiger partial charge in [-0.05, 0) is 30.4 Å². The first-order chi connectivity index (χ1) is 8.72. The van der Waals surface area contributed by atoms with Gasteiger partial charge in [-0.1, -0.05) is 40.8 Å². The molecule has 3 aromatic rings. The highest BCUT2D eigenvalue weighted by molar-refractivity contribution is 8.01. The lowest BCUT2D eigenvalue weighted by atomic mass is 10.2. The smallest absolute Gasteiger partial charge is 0.177 e. The van der Waals surface area contributed by atoms with Crippen LogP contribution < -0.4 is 0 Å². The molecule has 0 saturated heterocycles. The number of nitrogens with zero attached hydrogens (tertiary/aromatic N) is 2. The number of nitrogens with one attached hydrogen (secondary N) is 1. The Morgan fingerprint density at radius 3 is 3.00 bits per heavy atom. The average molecular weight is 312 g/mol. The molecule has 0 amide bonds. The summed E-state index contributed by atoms with van der Waals surface area (Å²) in [5.41, 5.74) is 0.881. The highest BCUT2D eigenvalue weighted by Gasteiger charge is 2.05. The predicted octanol–water partition coefficient (Wildman–Crippen LogP) is 4.55. The molecule has 2 heterocycles. The van der Waals surface area contributed by atoms with E-state index in [4.69, 9.17) is 23.8 Å². The molecule has 0 radical (unpaired) electrons. The molecule has 0 aliphatic heterocycles. The maximum Gasteiger partial charge on any atom is 0.177 e.